The summed E-state index contributed by atoms with van der Waals surface area (Å²) in [7, 11) is 0. The first-order chi connectivity index (χ1) is 10.2. The maximum Gasteiger partial charge on any atom is 0.211 e. The van der Waals surface area contributed by atoms with Crippen molar-refractivity contribution >= 4 is 29.3 Å². The van der Waals surface area contributed by atoms with Crippen LogP contribution in [0.1, 0.15) is 0 Å². The van der Waals surface area contributed by atoms with Crippen molar-refractivity contribution < 1.29 is 4.42 Å². The number of rotatable bonds is 2. The van der Waals surface area contributed by atoms with Gasteiger partial charge in [-0.2, -0.15) is 0 Å². The standard InChI is InChI=1S/C16H14N4O.ClH/c17-16(18)20-19-13-10-15(11-6-2-1-3-7-11)21-14-9-5-4-8-12(13)14;/h1-10H,(H4,17,18,20);1H/b19-13+;. The molecule has 6 heteroatoms. The Labute approximate surface area is 133 Å². The van der Waals surface area contributed by atoms with Crippen LogP contribution >= 0.6 is 12.4 Å². The molecule has 3 aromatic rings. The molecule has 2 aromatic carbocycles. The van der Waals surface area contributed by atoms with Crippen LogP contribution in [-0.2, 0) is 0 Å². The highest BCUT2D eigenvalue weighted by molar-refractivity contribution is 5.85. The van der Waals surface area contributed by atoms with Crippen molar-refractivity contribution in [2.75, 3.05) is 0 Å². The van der Waals surface area contributed by atoms with Crippen LogP contribution in [-0.4, -0.2) is 5.96 Å². The summed E-state index contributed by atoms with van der Waals surface area (Å²) in [4.78, 5) is 0. The number of para-hydroxylation sites is 1. The second-order valence-electron chi connectivity index (χ2n) is 4.48. The fraction of sp³-hybridized carbons (Fsp3) is 0. The molecule has 1 heterocycles. The minimum atomic E-state index is -0.0823. The van der Waals surface area contributed by atoms with E-state index in [1.165, 1.54) is 0 Å². The van der Waals surface area contributed by atoms with Gasteiger partial charge in [0.2, 0.25) is 5.96 Å². The molecule has 0 saturated carbocycles. The van der Waals surface area contributed by atoms with E-state index in [2.05, 4.69) is 10.2 Å². The summed E-state index contributed by atoms with van der Waals surface area (Å²) in [6, 6.07) is 19.2. The molecule has 0 aliphatic rings. The molecular formula is C16H15ClN4O. The van der Waals surface area contributed by atoms with Crippen LogP contribution in [0.5, 0.6) is 0 Å². The maximum atomic E-state index is 5.92. The lowest BCUT2D eigenvalue weighted by Gasteiger charge is -2.04. The minimum absolute atomic E-state index is 0. The van der Waals surface area contributed by atoms with Crippen LogP contribution in [0.2, 0.25) is 0 Å². The van der Waals surface area contributed by atoms with E-state index in [4.69, 9.17) is 15.9 Å². The van der Waals surface area contributed by atoms with Gasteiger partial charge in [-0.15, -0.1) is 22.6 Å². The molecule has 0 spiro atoms. The van der Waals surface area contributed by atoms with Crippen LogP contribution in [0.4, 0.5) is 0 Å². The van der Waals surface area contributed by atoms with Crippen molar-refractivity contribution in [1.82, 2.24) is 0 Å². The molecule has 5 nitrogen and oxygen atoms in total. The average molecular weight is 315 g/mol. The van der Waals surface area contributed by atoms with Gasteiger partial charge in [-0.25, -0.2) is 0 Å². The summed E-state index contributed by atoms with van der Waals surface area (Å²) in [6.07, 6.45) is 0. The zero-order chi connectivity index (χ0) is 14.7. The number of benzene rings is 2. The van der Waals surface area contributed by atoms with Crippen molar-refractivity contribution in [3.63, 3.8) is 0 Å². The first-order valence-corrected chi connectivity index (χ1v) is 6.45. The molecule has 0 atom stereocenters. The van der Waals surface area contributed by atoms with E-state index < -0.39 is 0 Å². The molecule has 22 heavy (non-hydrogen) atoms. The molecule has 1 aromatic heterocycles. The number of hydrogen-bond acceptors (Lipinski definition) is 3. The summed E-state index contributed by atoms with van der Waals surface area (Å²) < 4.78 is 5.92. The third-order valence-electron chi connectivity index (χ3n) is 2.98. The Morgan fingerprint density at radius 1 is 0.909 bits per heavy atom. The smallest absolute Gasteiger partial charge is 0.211 e. The second-order valence-corrected chi connectivity index (χ2v) is 4.48. The molecule has 0 aliphatic carbocycles. The average Bonchev–Trinajstić information content (AvgIpc) is 2.53. The molecule has 0 fully saturated rings. The number of hydrogen-bond donors (Lipinski definition) is 2. The van der Waals surface area contributed by atoms with E-state index in [9.17, 15) is 0 Å². The van der Waals surface area contributed by atoms with Crippen molar-refractivity contribution in [2.45, 2.75) is 0 Å². The van der Waals surface area contributed by atoms with Crippen LogP contribution in [0.3, 0.4) is 0 Å². The largest absolute Gasteiger partial charge is 0.456 e. The van der Waals surface area contributed by atoms with E-state index in [1.54, 1.807) is 0 Å². The van der Waals surface area contributed by atoms with Crippen LogP contribution < -0.4 is 16.8 Å². The van der Waals surface area contributed by atoms with Crippen molar-refractivity contribution in [2.24, 2.45) is 21.7 Å². The highest BCUT2D eigenvalue weighted by Crippen LogP contribution is 2.21. The van der Waals surface area contributed by atoms with Gasteiger partial charge in [-0.05, 0) is 12.1 Å². The predicted octanol–water partition coefficient (Wildman–Crippen LogP) is 2.61. The number of nitrogens with two attached hydrogens (primary N) is 2. The third-order valence-corrected chi connectivity index (χ3v) is 2.98. The van der Waals surface area contributed by atoms with Crippen molar-refractivity contribution in [3.8, 4) is 11.3 Å². The van der Waals surface area contributed by atoms with Crippen molar-refractivity contribution in [1.29, 1.82) is 0 Å². The fourth-order valence-corrected chi connectivity index (χ4v) is 2.06. The first-order valence-electron chi connectivity index (χ1n) is 6.45. The lowest BCUT2D eigenvalue weighted by atomic mass is 10.1. The summed E-state index contributed by atoms with van der Waals surface area (Å²) >= 11 is 0. The van der Waals surface area contributed by atoms with Gasteiger partial charge in [0.15, 0.2) is 0 Å². The summed E-state index contributed by atoms with van der Waals surface area (Å²) in [5, 5.41) is 9.34. The Morgan fingerprint density at radius 3 is 2.32 bits per heavy atom. The van der Waals surface area contributed by atoms with Gasteiger partial charge in [0, 0.05) is 17.0 Å². The van der Waals surface area contributed by atoms with Crippen LogP contribution in [0.15, 0.2) is 75.3 Å². The predicted molar refractivity (Wildman–Crippen MR) is 90.3 cm³/mol. The molecule has 112 valence electrons. The Balaban J connectivity index is 0.00000176. The molecule has 0 bridgehead atoms. The highest BCUT2D eigenvalue weighted by Gasteiger charge is 2.05. The van der Waals surface area contributed by atoms with Gasteiger partial charge in [-0.1, -0.05) is 42.5 Å². The molecule has 0 amide bonds. The van der Waals surface area contributed by atoms with E-state index >= 15 is 0 Å². The van der Waals surface area contributed by atoms with Crippen LogP contribution in [0.25, 0.3) is 22.3 Å². The number of fused-ring (bicyclic) bond motifs is 1. The SMILES string of the molecule is Cl.NC(N)=N/N=c1\cc(-c2ccccc2)oc2ccccc12. The first kappa shape index (κ1) is 15.6. The van der Waals surface area contributed by atoms with E-state index in [-0.39, 0.29) is 18.4 Å². The van der Waals surface area contributed by atoms with E-state index in [1.807, 2.05) is 60.7 Å². The van der Waals surface area contributed by atoms with Gasteiger partial charge in [0.25, 0.3) is 0 Å². The fourth-order valence-electron chi connectivity index (χ4n) is 2.06. The Kier molecular flexibility index (Phi) is 4.80. The minimum Gasteiger partial charge on any atom is -0.456 e. The van der Waals surface area contributed by atoms with Crippen molar-refractivity contribution in [3.05, 3.63) is 66.0 Å². The van der Waals surface area contributed by atoms with Gasteiger partial charge in [0.1, 0.15) is 16.7 Å². The maximum absolute atomic E-state index is 5.92. The third kappa shape index (κ3) is 3.27. The number of halogens is 1. The Hall–Kier alpha value is -2.79. The molecule has 0 unspecified atom stereocenters. The lowest BCUT2D eigenvalue weighted by molar-refractivity contribution is 0.618. The topological polar surface area (TPSA) is 89.9 Å². The van der Waals surface area contributed by atoms with Gasteiger partial charge in [-0.3, -0.25) is 0 Å². The Morgan fingerprint density at radius 2 is 1.59 bits per heavy atom. The monoisotopic (exact) mass is 314 g/mol. The Bertz CT molecular complexity index is 868. The van der Waals surface area contributed by atoms with Gasteiger partial charge < -0.3 is 15.9 Å². The molecule has 0 aliphatic heterocycles. The molecular weight excluding hydrogens is 300 g/mol. The van der Waals surface area contributed by atoms with E-state index in [0.29, 0.717) is 11.1 Å². The zero-order valence-electron chi connectivity index (χ0n) is 11.6. The normalized spacial score (nSPS) is 11.0. The van der Waals surface area contributed by atoms with E-state index in [0.717, 1.165) is 16.5 Å². The molecule has 4 N–H and O–H groups in total. The second kappa shape index (κ2) is 6.78. The molecule has 0 radical (unpaired) electrons. The summed E-state index contributed by atoms with van der Waals surface area (Å²) in [5.41, 5.74) is 12.4. The van der Waals surface area contributed by atoms with Gasteiger partial charge >= 0.3 is 0 Å². The highest BCUT2D eigenvalue weighted by atomic mass is 35.5. The molecule has 0 saturated heterocycles. The van der Waals surface area contributed by atoms with Crippen LogP contribution in [0, 0.1) is 0 Å². The number of nitrogens with zero attached hydrogens (tertiary/aromatic N) is 2. The zero-order valence-corrected chi connectivity index (χ0v) is 12.5. The number of guanidine groups is 1. The molecule has 3 rings (SSSR count). The summed E-state index contributed by atoms with van der Waals surface area (Å²) in [5.74, 6) is 0.625. The van der Waals surface area contributed by atoms with Gasteiger partial charge in [0.05, 0.1) is 0 Å². The quantitative estimate of drug-likeness (QED) is 0.433. The summed E-state index contributed by atoms with van der Waals surface area (Å²) in [6.45, 7) is 0. The lowest BCUT2D eigenvalue weighted by Crippen LogP contribution is -2.22.